The highest BCUT2D eigenvalue weighted by atomic mass is 15.1. The van der Waals surface area contributed by atoms with Gasteiger partial charge in [-0.2, -0.15) is 0 Å². The Morgan fingerprint density at radius 3 is 2.38 bits per heavy atom. The first-order chi connectivity index (χ1) is 7.49. The van der Waals surface area contributed by atoms with Crippen molar-refractivity contribution in [3.05, 3.63) is 17.5 Å². The van der Waals surface area contributed by atoms with E-state index in [1.54, 1.807) is 0 Å². The lowest BCUT2D eigenvalue weighted by molar-refractivity contribution is 0.585. The average molecular weight is 222 g/mol. The molecule has 2 N–H and O–H groups in total. The first-order valence-electron chi connectivity index (χ1n) is 5.81. The van der Waals surface area contributed by atoms with Crippen molar-refractivity contribution in [2.24, 2.45) is 0 Å². The van der Waals surface area contributed by atoms with Gasteiger partial charge in [-0.15, -0.1) is 0 Å². The molecule has 1 aromatic rings. The molecule has 1 heterocycles. The lowest BCUT2D eigenvalue weighted by Crippen LogP contribution is -2.23. The zero-order valence-electron chi connectivity index (χ0n) is 10.8. The second-order valence-electron chi connectivity index (χ2n) is 4.64. The summed E-state index contributed by atoms with van der Waals surface area (Å²) < 4.78 is 0. The highest BCUT2D eigenvalue weighted by molar-refractivity contribution is 5.29. The molecule has 4 nitrogen and oxygen atoms in total. The van der Waals surface area contributed by atoms with Gasteiger partial charge >= 0.3 is 0 Å². The molecule has 1 aromatic heterocycles. The molecule has 0 aliphatic rings. The molecule has 0 amide bonds. The molecule has 0 saturated carbocycles. The number of rotatable bonds is 5. The van der Waals surface area contributed by atoms with Gasteiger partial charge in [0.2, 0.25) is 5.95 Å². The Bertz CT molecular complexity index is 334. The van der Waals surface area contributed by atoms with E-state index in [4.69, 9.17) is 0 Å². The van der Waals surface area contributed by atoms with Crippen LogP contribution in [0.2, 0.25) is 0 Å². The van der Waals surface area contributed by atoms with Crippen LogP contribution < -0.4 is 10.6 Å². The topological polar surface area (TPSA) is 49.8 Å². The summed E-state index contributed by atoms with van der Waals surface area (Å²) in [5.41, 5.74) is 2.19. The number of anilines is 1. The predicted octanol–water partition coefficient (Wildman–Crippen LogP) is 2.10. The second kappa shape index (κ2) is 5.80. The molecule has 0 spiro atoms. The zero-order chi connectivity index (χ0) is 12.1. The summed E-state index contributed by atoms with van der Waals surface area (Å²) in [6.07, 6.45) is 1.89. The van der Waals surface area contributed by atoms with Crippen LogP contribution in [0.15, 0.2) is 6.20 Å². The molecule has 0 atom stereocenters. The van der Waals surface area contributed by atoms with E-state index in [9.17, 15) is 0 Å². The van der Waals surface area contributed by atoms with Gasteiger partial charge in [0.25, 0.3) is 0 Å². The van der Waals surface area contributed by atoms with E-state index in [1.165, 1.54) is 0 Å². The van der Waals surface area contributed by atoms with Gasteiger partial charge in [0.1, 0.15) is 0 Å². The minimum Gasteiger partial charge on any atom is -0.352 e. The van der Waals surface area contributed by atoms with Crippen LogP contribution in [0.25, 0.3) is 0 Å². The van der Waals surface area contributed by atoms with Crippen LogP contribution in [-0.2, 0) is 6.54 Å². The molecule has 0 bridgehead atoms. The number of nitrogens with zero attached hydrogens (tertiary/aromatic N) is 2. The third-order valence-corrected chi connectivity index (χ3v) is 2.20. The molecule has 0 aliphatic carbocycles. The summed E-state index contributed by atoms with van der Waals surface area (Å²) in [6.45, 7) is 11.3. The monoisotopic (exact) mass is 222 g/mol. The van der Waals surface area contributed by atoms with E-state index in [1.807, 2.05) is 13.1 Å². The summed E-state index contributed by atoms with van der Waals surface area (Å²) in [6, 6.07) is 0.840. The van der Waals surface area contributed by atoms with Gasteiger partial charge in [-0.05, 0) is 20.8 Å². The fourth-order valence-electron chi connectivity index (χ4n) is 1.31. The standard InChI is InChI=1S/C12H22N4/c1-8(2)13-6-11-7-14-12(15-9(3)4)16-10(11)5/h7-9,13H,6H2,1-5H3,(H,14,15,16). The molecule has 1 rings (SSSR count). The largest absolute Gasteiger partial charge is 0.352 e. The van der Waals surface area contributed by atoms with E-state index in [2.05, 4.69) is 48.3 Å². The molecule has 90 valence electrons. The van der Waals surface area contributed by atoms with E-state index >= 15 is 0 Å². The summed E-state index contributed by atoms with van der Waals surface area (Å²) in [7, 11) is 0. The smallest absolute Gasteiger partial charge is 0.223 e. The van der Waals surface area contributed by atoms with Crippen molar-refractivity contribution in [1.29, 1.82) is 0 Å². The van der Waals surface area contributed by atoms with E-state index in [0.717, 1.165) is 17.8 Å². The molecule has 0 aliphatic heterocycles. The maximum atomic E-state index is 4.43. The number of nitrogens with one attached hydrogen (secondary N) is 2. The highest BCUT2D eigenvalue weighted by Crippen LogP contribution is 2.07. The third-order valence-electron chi connectivity index (χ3n) is 2.20. The fourth-order valence-corrected chi connectivity index (χ4v) is 1.31. The minimum atomic E-state index is 0.360. The van der Waals surface area contributed by atoms with Gasteiger partial charge in [-0.3, -0.25) is 0 Å². The molecule has 0 saturated heterocycles. The minimum absolute atomic E-state index is 0.360. The Hall–Kier alpha value is -1.16. The zero-order valence-corrected chi connectivity index (χ0v) is 10.8. The molecule has 0 radical (unpaired) electrons. The van der Waals surface area contributed by atoms with Crippen molar-refractivity contribution >= 4 is 5.95 Å². The third kappa shape index (κ3) is 4.14. The van der Waals surface area contributed by atoms with Gasteiger partial charge in [0, 0.05) is 36.1 Å². The molecule has 0 aromatic carbocycles. The van der Waals surface area contributed by atoms with E-state index in [0.29, 0.717) is 18.0 Å². The normalized spacial score (nSPS) is 11.2. The van der Waals surface area contributed by atoms with Crippen LogP contribution in [0, 0.1) is 6.92 Å². The van der Waals surface area contributed by atoms with Crippen LogP contribution in [0.1, 0.15) is 39.0 Å². The molecular weight excluding hydrogens is 200 g/mol. The number of aryl methyl sites for hydroxylation is 1. The summed E-state index contributed by atoms with van der Waals surface area (Å²) >= 11 is 0. The Kier molecular flexibility index (Phi) is 4.68. The van der Waals surface area contributed by atoms with Crippen LogP contribution in [0.3, 0.4) is 0 Å². The van der Waals surface area contributed by atoms with Crippen molar-refractivity contribution in [3.8, 4) is 0 Å². The van der Waals surface area contributed by atoms with Crippen LogP contribution in [0.4, 0.5) is 5.95 Å². The van der Waals surface area contributed by atoms with Crippen molar-refractivity contribution in [2.75, 3.05) is 5.32 Å². The van der Waals surface area contributed by atoms with Gasteiger partial charge in [0.15, 0.2) is 0 Å². The lowest BCUT2D eigenvalue weighted by atomic mass is 10.2. The fraction of sp³-hybridized carbons (Fsp3) is 0.667. The second-order valence-corrected chi connectivity index (χ2v) is 4.64. The van der Waals surface area contributed by atoms with Crippen LogP contribution in [0.5, 0.6) is 0 Å². The van der Waals surface area contributed by atoms with Gasteiger partial charge in [-0.25, -0.2) is 9.97 Å². The molecule has 0 unspecified atom stereocenters. The average Bonchev–Trinajstić information content (AvgIpc) is 2.15. The highest BCUT2D eigenvalue weighted by Gasteiger charge is 2.04. The van der Waals surface area contributed by atoms with Crippen molar-refractivity contribution in [2.45, 2.75) is 53.2 Å². The Balaban J connectivity index is 2.67. The van der Waals surface area contributed by atoms with Crippen molar-refractivity contribution < 1.29 is 0 Å². The van der Waals surface area contributed by atoms with E-state index in [-0.39, 0.29) is 0 Å². The summed E-state index contributed by atoms with van der Waals surface area (Å²) in [5, 5.41) is 6.56. The van der Waals surface area contributed by atoms with Crippen LogP contribution in [-0.4, -0.2) is 22.1 Å². The van der Waals surface area contributed by atoms with Crippen LogP contribution >= 0.6 is 0 Å². The van der Waals surface area contributed by atoms with Gasteiger partial charge in [0.05, 0.1) is 0 Å². The van der Waals surface area contributed by atoms with Crippen molar-refractivity contribution in [1.82, 2.24) is 15.3 Å². The van der Waals surface area contributed by atoms with Crippen molar-refractivity contribution in [3.63, 3.8) is 0 Å². The molecule has 16 heavy (non-hydrogen) atoms. The molecular formula is C12H22N4. The number of hydrogen-bond donors (Lipinski definition) is 2. The van der Waals surface area contributed by atoms with Gasteiger partial charge < -0.3 is 10.6 Å². The Morgan fingerprint density at radius 1 is 1.19 bits per heavy atom. The maximum absolute atomic E-state index is 4.43. The molecule has 0 fully saturated rings. The van der Waals surface area contributed by atoms with E-state index < -0.39 is 0 Å². The quantitative estimate of drug-likeness (QED) is 0.801. The first kappa shape index (κ1) is 12.9. The summed E-state index contributed by atoms with van der Waals surface area (Å²) in [5.74, 6) is 0.709. The summed E-state index contributed by atoms with van der Waals surface area (Å²) in [4.78, 5) is 8.72. The number of hydrogen-bond acceptors (Lipinski definition) is 4. The van der Waals surface area contributed by atoms with Gasteiger partial charge in [-0.1, -0.05) is 13.8 Å². The SMILES string of the molecule is Cc1nc(NC(C)C)ncc1CNC(C)C. The maximum Gasteiger partial charge on any atom is 0.223 e. The predicted molar refractivity (Wildman–Crippen MR) is 67.5 cm³/mol. The first-order valence-corrected chi connectivity index (χ1v) is 5.81. The number of aromatic nitrogens is 2. The Labute approximate surface area is 97.9 Å². The Morgan fingerprint density at radius 2 is 1.88 bits per heavy atom. The molecule has 4 heteroatoms. The lowest BCUT2D eigenvalue weighted by Gasteiger charge is -2.12.